The molecule has 1 aromatic heterocycles. The molecular formula is C24H29IN4O2. The highest BCUT2D eigenvalue weighted by Gasteiger charge is 2.03. The molecule has 7 heteroatoms. The molecule has 0 aliphatic rings. The van der Waals surface area contributed by atoms with Gasteiger partial charge in [-0.3, -0.25) is 4.99 Å². The molecule has 3 aromatic rings. The second kappa shape index (κ2) is 13.5. The maximum Gasteiger partial charge on any atom is 0.219 e. The summed E-state index contributed by atoms with van der Waals surface area (Å²) >= 11 is 0. The van der Waals surface area contributed by atoms with Crippen molar-refractivity contribution in [2.75, 3.05) is 20.7 Å². The van der Waals surface area contributed by atoms with Crippen molar-refractivity contribution in [1.82, 2.24) is 15.6 Å². The molecule has 0 fully saturated rings. The Kier molecular flexibility index (Phi) is 10.6. The van der Waals surface area contributed by atoms with Gasteiger partial charge >= 0.3 is 0 Å². The van der Waals surface area contributed by atoms with Crippen LogP contribution in [0.2, 0.25) is 0 Å². The summed E-state index contributed by atoms with van der Waals surface area (Å²) in [6.45, 7) is 1.49. The molecule has 0 spiro atoms. The molecule has 0 bridgehead atoms. The lowest BCUT2D eigenvalue weighted by Crippen LogP contribution is -2.37. The van der Waals surface area contributed by atoms with Crippen LogP contribution >= 0.6 is 24.0 Å². The smallest absolute Gasteiger partial charge is 0.219 e. The molecule has 0 radical (unpaired) electrons. The number of hydrogen-bond acceptors (Lipinski definition) is 4. The molecule has 164 valence electrons. The van der Waals surface area contributed by atoms with Gasteiger partial charge in [0.05, 0.1) is 7.11 Å². The molecular weight excluding hydrogens is 503 g/mol. The Morgan fingerprint density at radius 1 is 0.935 bits per heavy atom. The Morgan fingerprint density at radius 3 is 2.45 bits per heavy atom. The molecule has 0 saturated heterocycles. The Bertz CT molecular complexity index is 934. The summed E-state index contributed by atoms with van der Waals surface area (Å²) in [4.78, 5) is 8.65. The Morgan fingerprint density at radius 2 is 1.74 bits per heavy atom. The van der Waals surface area contributed by atoms with Gasteiger partial charge in [0.25, 0.3) is 0 Å². The van der Waals surface area contributed by atoms with E-state index in [1.54, 1.807) is 20.4 Å². The fourth-order valence-corrected chi connectivity index (χ4v) is 2.91. The van der Waals surface area contributed by atoms with Gasteiger partial charge in [-0.1, -0.05) is 42.5 Å². The first-order chi connectivity index (χ1) is 14.8. The minimum absolute atomic E-state index is 0. The van der Waals surface area contributed by atoms with Gasteiger partial charge < -0.3 is 20.1 Å². The van der Waals surface area contributed by atoms with Crippen LogP contribution in [0, 0.1) is 0 Å². The third-order valence-electron chi connectivity index (χ3n) is 4.52. The van der Waals surface area contributed by atoms with Gasteiger partial charge in [-0.05, 0) is 36.1 Å². The van der Waals surface area contributed by atoms with Crippen molar-refractivity contribution in [3.8, 4) is 17.4 Å². The highest BCUT2D eigenvalue weighted by molar-refractivity contribution is 14.0. The molecule has 0 aliphatic heterocycles. The Balaban J connectivity index is 0.00000341. The topological polar surface area (TPSA) is 67.8 Å². The van der Waals surface area contributed by atoms with E-state index in [0.29, 0.717) is 18.2 Å². The maximum absolute atomic E-state index is 5.78. The van der Waals surface area contributed by atoms with Gasteiger partial charge in [-0.15, -0.1) is 24.0 Å². The maximum atomic E-state index is 5.78. The second-order valence-corrected chi connectivity index (χ2v) is 6.73. The summed E-state index contributed by atoms with van der Waals surface area (Å²) in [5, 5.41) is 6.66. The van der Waals surface area contributed by atoms with Crippen LogP contribution in [-0.4, -0.2) is 31.6 Å². The number of benzene rings is 2. The van der Waals surface area contributed by atoms with Gasteiger partial charge in [0.15, 0.2) is 5.96 Å². The van der Waals surface area contributed by atoms with Crippen LogP contribution in [0.25, 0.3) is 0 Å². The zero-order chi connectivity index (χ0) is 21.0. The average Bonchev–Trinajstić information content (AvgIpc) is 2.80. The molecule has 0 amide bonds. The van der Waals surface area contributed by atoms with Crippen molar-refractivity contribution in [3.05, 3.63) is 84.1 Å². The third-order valence-corrected chi connectivity index (χ3v) is 4.52. The normalized spacial score (nSPS) is 10.7. The molecule has 1 heterocycles. The molecule has 2 N–H and O–H groups in total. The number of ether oxygens (including phenoxy) is 2. The van der Waals surface area contributed by atoms with E-state index in [4.69, 9.17) is 9.47 Å². The van der Waals surface area contributed by atoms with Crippen molar-refractivity contribution in [3.63, 3.8) is 0 Å². The number of aliphatic imine (C=N–C) groups is 1. The van der Waals surface area contributed by atoms with Crippen molar-refractivity contribution in [2.45, 2.75) is 19.4 Å². The van der Waals surface area contributed by atoms with Crippen molar-refractivity contribution in [2.24, 2.45) is 4.99 Å². The zero-order valence-electron chi connectivity index (χ0n) is 17.9. The Hall–Kier alpha value is -2.81. The number of methoxy groups -OCH3 is 1. The van der Waals surface area contributed by atoms with Crippen LogP contribution in [0.5, 0.6) is 17.4 Å². The summed E-state index contributed by atoms with van der Waals surface area (Å²) in [6, 6.07) is 21.8. The van der Waals surface area contributed by atoms with Crippen LogP contribution in [0.4, 0.5) is 0 Å². The Labute approximate surface area is 201 Å². The third kappa shape index (κ3) is 8.45. The summed E-state index contributed by atoms with van der Waals surface area (Å²) < 4.78 is 11.0. The number of aromatic nitrogens is 1. The number of rotatable bonds is 9. The van der Waals surface area contributed by atoms with Gasteiger partial charge in [-0.25, -0.2) is 4.98 Å². The monoisotopic (exact) mass is 532 g/mol. The minimum atomic E-state index is 0. The van der Waals surface area contributed by atoms with Crippen LogP contribution in [0.15, 0.2) is 77.9 Å². The fraction of sp³-hybridized carbons (Fsp3) is 0.250. The summed E-state index contributed by atoms with van der Waals surface area (Å²) in [6.07, 6.45) is 3.89. The van der Waals surface area contributed by atoms with Crippen LogP contribution < -0.4 is 20.1 Å². The van der Waals surface area contributed by atoms with Crippen LogP contribution in [-0.2, 0) is 13.0 Å². The van der Waals surface area contributed by atoms with Gasteiger partial charge in [0, 0.05) is 38.5 Å². The van der Waals surface area contributed by atoms with E-state index in [0.717, 1.165) is 36.7 Å². The quantitative estimate of drug-likeness (QED) is 0.180. The van der Waals surface area contributed by atoms with Crippen molar-refractivity contribution >= 4 is 29.9 Å². The van der Waals surface area contributed by atoms with Crippen LogP contribution in [0.1, 0.15) is 17.5 Å². The number of guanidine groups is 1. The molecule has 31 heavy (non-hydrogen) atoms. The molecule has 0 atom stereocenters. The van der Waals surface area contributed by atoms with Crippen molar-refractivity contribution < 1.29 is 9.47 Å². The SMILES string of the molecule is CN=C(NCCCc1ccccc1)NCc1ccc(Oc2cccc(OC)c2)nc1.I. The standard InChI is InChI=1S/C24H28N4O2.HI/c1-25-24(26-15-7-10-19-8-4-3-5-9-19)28-18-20-13-14-23(27-17-20)30-22-12-6-11-21(16-22)29-2;/h3-6,8-9,11-14,16-17H,7,10,15,18H2,1-2H3,(H2,25,26,28);1H. The number of hydrogen-bond donors (Lipinski definition) is 2. The number of halogens is 1. The summed E-state index contributed by atoms with van der Waals surface area (Å²) in [5.74, 6) is 2.75. The molecule has 6 nitrogen and oxygen atoms in total. The van der Waals surface area contributed by atoms with E-state index >= 15 is 0 Å². The number of nitrogens with zero attached hydrogens (tertiary/aromatic N) is 2. The zero-order valence-corrected chi connectivity index (χ0v) is 20.2. The minimum Gasteiger partial charge on any atom is -0.497 e. The van der Waals surface area contributed by atoms with E-state index in [1.807, 2.05) is 42.5 Å². The average molecular weight is 532 g/mol. The highest BCUT2D eigenvalue weighted by atomic mass is 127. The van der Waals surface area contributed by atoms with E-state index in [-0.39, 0.29) is 24.0 Å². The van der Waals surface area contributed by atoms with E-state index < -0.39 is 0 Å². The van der Waals surface area contributed by atoms with E-state index in [2.05, 4.69) is 44.9 Å². The van der Waals surface area contributed by atoms with E-state index in [1.165, 1.54) is 5.56 Å². The first-order valence-corrected chi connectivity index (χ1v) is 10.0. The largest absolute Gasteiger partial charge is 0.497 e. The number of pyridine rings is 1. The molecule has 0 saturated carbocycles. The summed E-state index contributed by atoms with van der Waals surface area (Å²) in [7, 11) is 3.40. The first-order valence-electron chi connectivity index (χ1n) is 10.0. The van der Waals surface area contributed by atoms with Gasteiger partial charge in [-0.2, -0.15) is 0 Å². The fourth-order valence-electron chi connectivity index (χ4n) is 2.91. The molecule has 3 rings (SSSR count). The molecule has 0 aliphatic carbocycles. The van der Waals surface area contributed by atoms with Crippen LogP contribution in [0.3, 0.4) is 0 Å². The predicted molar refractivity (Wildman–Crippen MR) is 136 cm³/mol. The lowest BCUT2D eigenvalue weighted by molar-refractivity contribution is 0.407. The molecule has 0 unspecified atom stereocenters. The number of aryl methyl sites for hydroxylation is 1. The predicted octanol–water partition coefficient (Wildman–Crippen LogP) is 4.80. The second-order valence-electron chi connectivity index (χ2n) is 6.73. The van der Waals surface area contributed by atoms with E-state index in [9.17, 15) is 0 Å². The number of nitrogens with one attached hydrogen (secondary N) is 2. The first kappa shape index (κ1) is 24.5. The molecule has 2 aromatic carbocycles. The lowest BCUT2D eigenvalue weighted by Gasteiger charge is -2.12. The highest BCUT2D eigenvalue weighted by Crippen LogP contribution is 2.23. The summed E-state index contributed by atoms with van der Waals surface area (Å²) in [5.41, 5.74) is 2.39. The van der Waals surface area contributed by atoms with Gasteiger partial charge in [0.1, 0.15) is 11.5 Å². The van der Waals surface area contributed by atoms with Crippen molar-refractivity contribution in [1.29, 1.82) is 0 Å². The lowest BCUT2D eigenvalue weighted by atomic mass is 10.1. The van der Waals surface area contributed by atoms with Gasteiger partial charge in [0.2, 0.25) is 5.88 Å².